The van der Waals surface area contributed by atoms with Crippen molar-refractivity contribution >= 4 is 56.4 Å². The highest BCUT2D eigenvalue weighted by atomic mass is 15.1. The van der Waals surface area contributed by atoms with Crippen LogP contribution in [0.15, 0.2) is 121 Å². The van der Waals surface area contributed by atoms with Gasteiger partial charge < -0.3 is 4.90 Å². The lowest BCUT2D eigenvalue weighted by atomic mass is 9.93. The maximum absolute atomic E-state index is 9.97. The topological polar surface area (TPSA) is 31.4 Å². The van der Waals surface area contributed by atoms with Gasteiger partial charge >= 0.3 is 0 Å². The van der Waals surface area contributed by atoms with Gasteiger partial charge in [-0.1, -0.05) is 103 Å². The molecule has 6 aromatic rings. The molecule has 0 aromatic heterocycles. The Morgan fingerprint density at radius 2 is 1.20 bits per heavy atom. The summed E-state index contributed by atoms with van der Waals surface area (Å²) in [7, 11) is 0. The first-order valence-electron chi connectivity index (χ1n) is 13.1. The van der Waals surface area contributed by atoms with Crippen LogP contribution in [0, 0.1) is 24.8 Å². The number of anilines is 3. The molecule has 0 unspecified atom stereocenters. The highest BCUT2D eigenvalue weighted by Crippen LogP contribution is 2.39. The van der Waals surface area contributed by atoms with Gasteiger partial charge in [0.25, 0.3) is 0 Å². The van der Waals surface area contributed by atoms with Crippen LogP contribution in [-0.4, -0.2) is 0 Å². The molecule has 0 aliphatic rings. The fraction of sp³-hybridized carbons (Fsp3) is 0.0270. The van der Waals surface area contributed by atoms with Crippen LogP contribution < -0.4 is 4.90 Å². The molecule has 3 nitrogen and oxygen atoms in total. The van der Waals surface area contributed by atoms with E-state index in [1.165, 1.54) is 0 Å². The Labute approximate surface area is 234 Å². The number of hydrogen-bond acceptors (Lipinski definition) is 2. The number of hydrogen-bond donors (Lipinski definition) is 0. The summed E-state index contributed by atoms with van der Waals surface area (Å²) in [6, 6.07) is 43.5. The van der Waals surface area contributed by atoms with Gasteiger partial charge in [-0.15, -0.1) is 0 Å². The van der Waals surface area contributed by atoms with Crippen LogP contribution in [0.4, 0.5) is 22.7 Å². The van der Waals surface area contributed by atoms with Crippen molar-refractivity contribution in [3.63, 3.8) is 0 Å². The standard InChI is InChI=1S/C37H25N3/c1-26-13-21-33-34(23-26)36(25-38)32-22-18-28(24-35(32)37(33)39-2)15-14-27-16-19-31(20-17-27)40(29-9-5-3-6-10-29)30-11-7-4-8-12-30/h3-24H,1H3/b15-14+. The molecule has 3 heteroatoms. The van der Waals surface area contributed by atoms with Crippen molar-refractivity contribution in [2.24, 2.45) is 0 Å². The Hall–Kier alpha value is -5.64. The second-order valence-corrected chi connectivity index (χ2v) is 9.73. The van der Waals surface area contributed by atoms with Crippen molar-refractivity contribution in [3.05, 3.63) is 155 Å². The number of nitrogens with zero attached hydrogens (tertiary/aromatic N) is 3. The lowest BCUT2D eigenvalue weighted by Crippen LogP contribution is -2.09. The highest BCUT2D eigenvalue weighted by Gasteiger charge is 2.15. The second kappa shape index (κ2) is 10.6. The van der Waals surface area contributed by atoms with Gasteiger partial charge in [-0.25, -0.2) is 4.85 Å². The first-order chi connectivity index (χ1) is 19.7. The molecule has 188 valence electrons. The zero-order chi connectivity index (χ0) is 27.5. The van der Waals surface area contributed by atoms with Crippen molar-refractivity contribution in [1.82, 2.24) is 0 Å². The molecule has 6 aromatic carbocycles. The number of rotatable bonds is 5. The molecule has 0 atom stereocenters. The van der Waals surface area contributed by atoms with Crippen molar-refractivity contribution in [2.45, 2.75) is 6.92 Å². The van der Waals surface area contributed by atoms with E-state index in [1.54, 1.807) is 0 Å². The molecular formula is C37H25N3. The lowest BCUT2D eigenvalue weighted by Gasteiger charge is -2.25. The van der Waals surface area contributed by atoms with Crippen molar-refractivity contribution < 1.29 is 0 Å². The largest absolute Gasteiger partial charge is 0.311 e. The van der Waals surface area contributed by atoms with Crippen LogP contribution in [0.1, 0.15) is 22.3 Å². The smallest absolute Gasteiger partial charge is 0.202 e. The molecule has 0 saturated heterocycles. The molecular weight excluding hydrogens is 486 g/mol. The van der Waals surface area contributed by atoms with Gasteiger partial charge in [-0.2, -0.15) is 5.26 Å². The predicted octanol–water partition coefficient (Wildman–Crippen LogP) is 10.4. The molecule has 0 saturated carbocycles. The molecule has 6 rings (SSSR count). The van der Waals surface area contributed by atoms with E-state index in [9.17, 15) is 5.26 Å². The number of fused-ring (bicyclic) bond motifs is 2. The molecule has 40 heavy (non-hydrogen) atoms. The minimum atomic E-state index is 0.588. The summed E-state index contributed by atoms with van der Waals surface area (Å²) in [5.74, 6) is 0. The average molecular weight is 512 g/mol. The maximum atomic E-state index is 9.97. The number of aryl methyl sites for hydroxylation is 1. The van der Waals surface area contributed by atoms with E-state index >= 15 is 0 Å². The van der Waals surface area contributed by atoms with Crippen LogP contribution in [0.2, 0.25) is 0 Å². The molecule has 0 spiro atoms. The molecule has 0 aliphatic carbocycles. The Morgan fingerprint density at radius 1 is 0.625 bits per heavy atom. The molecule has 0 heterocycles. The zero-order valence-electron chi connectivity index (χ0n) is 22.0. The third-order valence-corrected chi connectivity index (χ3v) is 7.14. The zero-order valence-corrected chi connectivity index (χ0v) is 22.0. The van der Waals surface area contributed by atoms with Crippen molar-refractivity contribution in [1.29, 1.82) is 5.26 Å². The summed E-state index contributed by atoms with van der Waals surface area (Å²) in [5.41, 5.74) is 7.60. The van der Waals surface area contributed by atoms with Crippen LogP contribution in [0.3, 0.4) is 0 Å². The minimum absolute atomic E-state index is 0.588. The summed E-state index contributed by atoms with van der Waals surface area (Å²) in [4.78, 5) is 6.12. The van der Waals surface area contributed by atoms with Gasteiger partial charge in [0.2, 0.25) is 5.69 Å². The average Bonchev–Trinajstić information content (AvgIpc) is 3.00. The highest BCUT2D eigenvalue weighted by molar-refractivity contribution is 6.15. The quantitative estimate of drug-likeness (QED) is 0.131. The van der Waals surface area contributed by atoms with Gasteiger partial charge in [0, 0.05) is 17.1 Å². The molecule has 0 amide bonds. The SMILES string of the molecule is [C-]#[N+]c1c2ccc(C)cc2c(C#N)c2ccc(/C=C/c3ccc(N(c4ccccc4)c4ccccc4)cc3)cc12. The normalized spacial score (nSPS) is 11.0. The predicted molar refractivity (Wildman–Crippen MR) is 167 cm³/mol. The summed E-state index contributed by atoms with van der Waals surface area (Å²) in [6.07, 6.45) is 4.13. The Morgan fingerprint density at radius 3 is 1.82 bits per heavy atom. The van der Waals surface area contributed by atoms with E-state index in [2.05, 4.69) is 101 Å². The van der Waals surface area contributed by atoms with Gasteiger partial charge in [0.15, 0.2) is 0 Å². The van der Waals surface area contributed by atoms with Gasteiger partial charge in [0.1, 0.15) is 6.07 Å². The first kappa shape index (κ1) is 24.7. The van der Waals surface area contributed by atoms with E-state index < -0.39 is 0 Å². The van der Waals surface area contributed by atoms with Gasteiger partial charge in [-0.05, 0) is 76.0 Å². The summed E-state index contributed by atoms with van der Waals surface area (Å²) in [5, 5.41) is 13.3. The number of nitriles is 1. The van der Waals surface area contributed by atoms with E-state index in [4.69, 9.17) is 6.57 Å². The van der Waals surface area contributed by atoms with E-state index in [0.29, 0.717) is 11.3 Å². The molecule has 0 radical (unpaired) electrons. The summed E-state index contributed by atoms with van der Waals surface area (Å²) in [6.45, 7) is 9.90. The number of benzene rings is 6. The van der Waals surface area contributed by atoms with Crippen molar-refractivity contribution in [2.75, 3.05) is 4.90 Å². The van der Waals surface area contributed by atoms with Crippen LogP contribution in [0.25, 0.3) is 38.5 Å². The van der Waals surface area contributed by atoms with Crippen molar-refractivity contribution in [3.8, 4) is 6.07 Å². The molecule has 0 fully saturated rings. The third-order valence-electron chi connectivity index (χ3n) is 7.14. The number of para-hydroxylation sites is 2. The van der Waals surface area contributed by atoms with Crippen LogP contribution in [-0.2, 0) is 0 Å². The Balaban J connectivity index is 1.35. The van der Waals surface area contributed by atoms with Gasteiger partial charge in [0.05, 0.1) is 12.1 Å². The fourth-order valence-electron chi connectivity index (χ4n) is 5.21. The molecule has 0 aliphatic heterocycles. The minimum Gasteiger partial charge on any atom is -0.311 e. The fourth-order valence-corrected chi connectivity index (χ4v) is 5.21. The molecule has 0 N–H and O–H groups in total. The van der Waals surface area contributed by atoms with E-state index in [1.807, 2.05) is 55.5 Å². The van der Waals surface area contributed by atoms with Crippen LogP contribution >= 0.6 is 0 Å². The van der Waals surface area contributed by atoms with E-state index in [0.717, 1.165) is 55.3 Å². The third kappa shape index (κ3) is 4.58. The van der Waals surface area contributed by atoms with E-state index in [-0.39, 0.29) is 0 Å². The maximum Gasteiger partial charge on any atom is 0.202 e. The Kier molecular flexibility index (Phi) is 6.55. The second-order valence-electron chi connectivity index (χ2n) is 9.73. The summed E-state index contributed by atoms with van der Waals surface area (Å²) < 4.78 is 0. The lowest BCUT2D eigenvalue weighted by molar-refractivity contribution is 1.28. The Bertz CT molecular complexity index is 1920. The first-order valence-corrected chi connectivity index (χ1v) is 13.1. The monoisotopic (exact) mass is 511 g/mol. The van der Waals surface area contributed by atoms with Crippen LogP contribution in [0.5, 0.6) is 0 Å². The summed E-state index contributed by atoms with van der Waals surface area (Å²) >= 11 is 0. The van der Waals surface area contributed by atoms with Gasteiger partial charge in [-0.3, -0.25) is 0 Å². The molecule has 0 bridgehead atoms.